The minimum atomic E-state index is -0.0215. The number of ketones is 1. The van der Waals surface area contributed by atoms with Crippen LogP contribution in [0.5, 0.6) is 0 Å². The van der Waals surface area contributed by atoms with Crippen molar-refractivity contribution < 1.29 is 4.79 Å². The van der Waals surface area contributed by atoms with E-state index in [1.165, 1.54) is 0 Å². The molecule has 0 amide bonds. The standard InChI is InChI=1S/C11H13NOS2/c1-8-5-4-6-12-11(8)9(13)7-10(14-2)15-3/h4-7H,1-3H3. The van der Waals surface area contributed by atoms with Gasteiger partial charge in [0.25, 0.3) is 0 Å². The highest BCUT2D eigenvalue weighted by molar-refractivity contribution is 8.21. The van der Waals surface area contributed by atoms with Gasteiger partial charge in [0.05, 0.1) is 0 Å². The van der Waals surface area contributed by atoms with Crippen molar-refractivity contribution in [3.05, 3.63) is 39.9 Å². The fraction of sp³-hybridized carbons (Fsp3) is 0.273. The molecule has 0 aliphatic carbocycles. The van der Waals surface area contributed by atoms with Crippen LogP contribution < -0.4 is 0 Å². The molecule has 0 saturated heterocycles. The first kappa shape index (κ1) is 12.3. The minimum Gasteiger partial charge on any atom is -0.287 e. The first-order chi connectivity index (χ1) is 7.19. The van der Waals surface area contributed by atoms with Gasteiger partial charge in [0.15, 0.2) is 0 Å². The van der Waals surface area contributed by atoms with E-state index in [4.69, 9.17) is 0 Å². The number of pyridine rings is 1. The van der Waals surface area contributed by atoms with Crippen molar-refractivity contribution >= 4 is 29.3 Å². The third-order valence-electron chi connectivity index (χ3n) is 1.89. The lowest BCUT2D eigenvalue weighted by molar-refractivity contribution is 0.104. The van der Waals surface area contributed by atoms with Crippen LogP contribution in [0.25, 0.3) is 0 Å². The summed E-state index contributed by atoms with van der Waals surface area (Å²) in [6, 6.07) is 3.73. The van der Waals surface area contributed by atoms with Crippen LogP contribution in [0.15, 0.2) is 28.6 Å². The van der Waals surface area contributed by atoms with Crippen molar-refractivity contribution in [3.63, 3.8) is 0 Å². The molecule has 0 aliphatic heterocycles. The van der Waals surface area contributed by atoms with Gasteiger partial charge in [-0.15, -0.1) is 23.5 Å². The molecule has 0 unspecified atom stereocenters. The van der Waals surface area contributed by atoms with Crippen LogP contribution in [0.3, 0.4) is 0 Å². The number of hydrogen-bond donors (Lipinski definition) is 0. The summed E-state index contributed by atoms with van der Waals surface area (Å²) in [4.78, 5) is 15.9. The molecule has 1 heterocycles. The number of thioether (sulfide) groups is 2. The largest absolute Gasteiger partial charge is 0.287 e. The maximum atomic E-state index is 11.8. The van der Waals surface area contributed by atoms with Crippen molar-refractivity contribution in [1.82, 2.24) is 4.98 Å². The molecule has 15 heavy (non-hydrogen) atoms. The van der Waals surface area contributed by atoms with E-state index in [2.05, 4.69) is 4.98 Å². The van der Waals surface area contributed by atoms with Crippen LogP contribution in [-0.2, 0) is 0 Å². The molecule has 0 bridgehead atoms. The first-order valence-electron chi connectivity index (χ1n) is 4.44. The summed E-state index contributed by atoms with van der Waals surface area (Å²) >= 11 is 3.15. The summed E-state index contributed by atoms with van der Waals surface area (Å²) in [7, 11) is 0. The van der Waals surface area contributed by atoms with E-state index in [1.54, 1.807) is 35.8 Å². The molecule has 0 N–H and O–H groups in total. The van der Waals surface area contributed by atoms with Crippen LogP contribution in [0.1, 0.15) is 16.1 Å². The van der Waals surface area contributed by atoms with Crippen LogP contribution in [0.4, 0.5) is 0 Å². The molecule has 0 aliphatic rings. The van der Waals surface area contributed by atoms with E-state index in [9.17, 15) is 4.79 Å². The van der Waals surface area contributed by atoms with Gasteiger partial charge in [-0.1, -0.05) is 6.07 Å². The van der Waals surface area contributed by atoms with Gasteiger partial charge in [0.1, 0.15) is 5.69 Å². The predicted molar refractivity (Wildman–Crippen MR) is 68.4 cm³/mol. The monoisotopic (exact) mass is 239 g/mol. The number of allylic oxidation sites excluding steroid dienone is 1. The number of hydrogen-bond acceptors (Lipinski definition) is 4. The lowest BCUT2D eigenvalue weighted by Gasteiger charge is -2.01. The Morgan fingerprint density at radius 2 is 2.07 bits per heavy atom. The Labute approximate surface area is 98.6 Å². The summed E-state index contributed by atoms with van der Waals surface area (Å²) in [5.74, 6) is -0.0215. The molecule has 0 aromatic carbocycles. The molecule has 0 fully saturated rings. The fourth-order valence-electron chi connectivity index (χ4n) is 1.12. The molecule has 0 spiro atoms. The molecule has 0 saturated carbocycles. The van der Waals surface area contributed by atoms with Crippen molar-refractivity contribution in [2.24, 2.45) is 0 Å². The highest BCUT2D eigenvalue weighted by Gasteiger charge is 2.08. The highest BCUT2D eigenvalue weighted by atomic mass is 32.2. The average molecular weight is 239 g/mol. The van der Waals surface area contributed by atoms with Gasteiger partial charge in [-0.2, -0.15) is 0 Å². The number of rotatable bonds is 4. The van der Waals surface area contributed by atoms with Crippen molar-refractivity contribution in [2.45, 2.75) is 6.92 Å². The molecular formula is C11H13NOS2. The van der Waals surface area contributed by atoms with Crippen molar-refractivity contribution in [2.75, 3.05) is 12.5 Å². The topological polar surface area (TPSA) is 30.0 Å². The molecule has 1 aromatic rings. The van der Waals surface area contributed by atoms with Crippen LogP contribution in [0, 0.1) is 6.92 Å². The quantitative estimate of drug-likeness (QED) is 0.596. The smallest absolute Gasteiger partial charge is 0.206 e. The lowest BCUT2D eigenvalue weighted by atomic mass is 10.1. The second-order valence-corrected chi connectivity index (χ2v) is 4.86. The zero-order valence-electron chi connectivity index (χ0n) is 8.98. The van der Waals surface area contributed by atoms with Crippen molar-refractivity contribution in [3.8, 4) is 0 Å². The van der Waals surface area contributed by atoms with Crippen molar-refractivity contribution in [1.29, 1.82) is 0 Å². The van der Waals surface area contributed by atoms with Gasteiger partial charge >= 0.3 is 0 Å². The second kappa shape index (κ2) is 5.98. The zero-order chi connectivity index (χ0) is 11.3. The van der Waals surface area contributed by atoms with E-state index >= 15 is 0 Å². The predicted octanol–water partition coefficient (Wildman–Crippen LogP) is 3.14. The Morgan fingerprint density at radius 1 is 1.40 bits per heavy atom. The number of carbonyl (C=O) groups excluding carboxylic acids is 1. The Morgan fingerprint density at radius 3 is 2.60 bits per heavy atom. The first-order valence-corrected chi connectivity index (χ1v) is 6.89. The summed E-state index contributed by atoms with van der Waals surface area (Å²) in [6.45, 7) is 1.89. The maximum absolute atomic E-state index is 11.8. The summed E-state index contributed by atoms with van der Waals surface area (Å²) in [5, 5.41) is 0. The van der Waals surface area contributed by atoms with Gasteiger partial charge in [0.2, 0.25) is 5.78 Å². The molecule has 1 rings (SSSR count). The van der Waals surface area contributed by atoms with Gasteiger partial charge in [-0.25, -0.2) is 0 Å². The number of aryl methyl sites for hydroxylation is 1. The van der Waals surface area contributed by atoms with Gasteiger partial charge < -0.3 is 0 Å². The Balaban J connectivity index is 2.95. The maximum Gasteiger partial charge on any atom is 0.206 e. The summed E-state index contributed by atoms with van der Waals surface area (Å²) in [6.07, 6.45) is 7.21. The zero-order valence-corrected chi connectivity index (χ0v) is 10.6. The Hall–Kier alpha value is -0.740. The van der Waals surface area contributed by atoms with E-state index in [0.717, 1.165) is 9.80 Å². The molecule has 0 radical (unpaired) electrons. The third kappa shape index (κ3) is 3.39. The molecule has 1 aromatic heterocycles. The summed E-state index contributed by atoms with van der Waals surface area (Å²) < 4.78 is 1.00. The fourth-order valence-corrected chi connectivity index (χ4v) is 2.24. The minimum absolute atomic E-state index is 0.0215. The lowest BCUT2D eigenvalue weighted by Crippen LogP contribution is -2.01. The third-order valence-corrected chi connectivity index (χ3v) is 3.93. The van der Waals surface area contributed by atoms with E-state index in [1.807, 2.05) is 31.6 Å². The van der Waals surface area contributed by atoms with Crippen LogP contribution in [0.2, 0.25) is 0 Å². The van der Waals surface area contributed by atoms with E-state index in [-0.39, 0.29) is 5.78 Å². The van der Waals surface area contributed by atoms with E-state index < -0.39 is 0 Å². The number of carbonyl (C=O) groups is 1. The van der Waals surface area contributed by atoms with E-state index in [0.29, 0.717) is 5.69 Å². The Bertz CT molecular complexity index is 382. The number of aromatic nitrogens is 1. The molecule has 80 valence electrons. The van der Waals surface area contributed by atoms with Gasteiger partial charge in [-0.3, -0.25) is 9.78 Å². The highest BCUT2D eigenvalue weighted by Crippen LogP contribution is 2.23. The average Bonchev–Trinajstić information content (AvgIpc) is 2.26. The van der Waals surface area contributed by atoms with Crippen LogP contribution >= 0.6 is 23.5 Å². The molecule has 4 heteroatoms. The Kier molecular flexibility index (Phi) is 4.91. The number of nitrogens with zero attached hydrogens (tertiary/aromatic N) is 1. The summed E-state index contributed by atoms with van der Waals surface area (Å²) in [5.41, 5.74) is 1.46. The SMILES string of the molecule is CSC(=CC(=O)c1ncccc1C)SC. The van der Waals surface area contributed by atoms with Gasteiger partial charge in [-0.05, 0) is 31.1 Å². The normalized spacial score (nSPS) is 9.80. The second-order valence-electron chi connectivity index (χ2n) is 2.90. The van der Waals surface area contributed by atoms with Crippen LogP contribution in [-0.4, -0.2) is 23.3 Å². The molecule has 0 atom stereocenters. The molecule has 2 nitrogen and oxygen atoms in total. The van der Waals surface area contributed by atoms with Gasteiger partial charge in [0, 0.05) is 16.5 Å². The molecular weight excluding hydrogens is 226 g/mol.